The van der Waals surface area contributed by atoms with Crippen molar-refractivity contribution in [3.63, 3.8) is 0 Å². The number of ether oxygens (including phenoxy) is 3. The molecule has 228 valence electrons. The molecule has 0 fully saturated rings. The molecular weight excluding hydrogens is 569 g/mol. The first-order valence-corrected chi connectivity index (χ1v) is 13.7. The fourth-order valence-electron chi connectivity index (χ4n) is 5.16. The second-order valence-electron chi connectivity index (χ2n) is 11.1. The van der Waals surface area contributed by atoms with E-state index in [4.69, 9.17) is 19.6 Å². The maximum Gasteiger partial charge on any atom is 0.310 e. The smallest absolute Gasteiger partial charge is 0.310 e. The Kier molecular flexibility index (Phi) is 9.77. The van der Waals surface area contributed by atoms with E-state index in [1.807, 2.05) is 20.8 Å². The average molecular weight is 606 g/mol. The van der Waals surface area contributed by atoms with Gasteiger partial charge in [0.2, 0.25) is 0 Å². The normalized spacial score (nSPS) is 16.5. The van der Waals surface area contributed by atoms with Gasteiger partial charge in [0, 0.05) is 17.7 Å². The number of benzene rings is 2. The number of carbonyl (C=O) groups excluding carboxylic acids is 2. The Labute approximate surface area is 250 Å². The van der Waals surface area contributed by atoms with E-state index in [2.05, 4.69) is 5.32 Å². The molecule has 2 aromatic rings. The maximum absolute atomic E-state index is 15.5. The molecule has 10 nitrogen and oxygen atoms in total. The molecule has 0 aliphatic carbocycles. The minimum Gasteiger partial charge on any atom is -0.490 e. The molecule has 0 saturated carbocycles. The number of anilines is 1. The molecule has 0 saturated heterocycles. The summed E-state index contributed by atoms with van der Waals surface area (Å²) in [6.45, 7) is 11.4. The Balaban J connectivity index is 0.00000484. The zero-order valence-corrected chi connectivity index (χ0v) is 25.4. The van der Waals surface area contributed by atoms with Gasteiger partial charge in [-0.3, -0.25) is 19.8 Å². The third kappa shape index (κ3) is 6.01. The molecule has 2 aromatic carbocycles. The fourth-order valence-corrected chi connectivity index (χ4v) is 5.16. The Bertz CT molecular complexity index is 1420. The second-order valence-corrected chi connectivity index (χ2v) is 11.1. The number of hydrogen-bond donors (Lipinski definition) is 3. The lowest BCUT2D eigenvalue weighted by Gasteiger charge is -2.34. The Morgan fingerprint density at radius 3 is 2.43 bits per heavy atom. The summed E-state index contributed by atoms with van der Waals surface area (Å²) in [4.78, 5) is 39.6. The van der Waals surface area contributed by atoms with Crippen molar-refractivity contribution in [2.45, 2.75) is 66.0 Å². The van der Waals surface area contributed by atoms with Gasteiger partial charge < -0.3 is 29.5 Å². The number of Topliss-reactive ketones (excluding diaryl/α,β-unsaturated/α-hetero) is 1. The van der Waals surface area contributed by atoms with Crippen LogP contribution >= 0.6 is 12.4 Å². The van der Waals surface area contributed by atoms with E-state index in [0.717, 1.165) is 0 Å². The van der Waals surface area contributed by atoms with Gasteiger partial charge in [0.05, 0.1) is 31.0 Å². The van der Waals surface area contributed by atoms with Crippen LogP contribution in [0.25, 0.3) is 0 Å². The van der Waals surface area contributed by atoms with Crippen molar-refractivity contribution in [2.24, 2.45) is 5.92 Å². The highest BCUT2D eigenvalue weighted by molar-refractivity contribution is 6.07. The summed E-state index contributed by atoms with van der Waals surface area (Å²) in [7, 11) is 0. The van der Waals surface area contributed by atoms with Gasteiger partial charge in [-0.05, 0) is 49.4 Å². The zero-order valence-electron chi connectivity index (χ0n) is 24.6. The van der Waals surface area contributed by atoms with E-state index in [1.54, 1.807) is 32.9 Å². The van der Waals surface area contributed by atoms with E-state index >= 15 is 4.39 Å². The van der Waals surface area contributed by atoms with E-state index in [0.29, 0.717) is 23.5 Å². The van der Waals surface area contributed by atoms with Gasteiger partial charge in [-0.2, -0.15) is 0 Å². The van der Waals surface area contributed by atoms with Crippen molar-refractivity contribution < 1.29 is 38.1 Å². The Morgan fingerprint density at radius 1 is 1.19 bits per heavy atom. The van der Waals surface area contributed by atoms with E-state index in [-0.39, 0.29) is 78.5 Å². The largest absolute Gasteiger partial charge is 0.490 e. The quantitative estimate of drug-likeness (QED) is 0.315. The molecule has 3 N–H and O–H groups in total. The van der Waals surface area contributed by atoms with Crippen LogP contribution in [0.5, 0.6) is 17.2 Å². The van der Waals surface area contributed by atoms with Crippen molar-refractivity contribution in [2.75, 3.05) is 25.1 Å². The highest BCUT2D eigenvalue weighted by atomic mass is 35.5. The molecule has 0 spiro atoms. The van der Waals surface area contributed by atoms with Gasteiger partial charge in [0.15, 0.2) is 29.2 Å². The summed E-state index contributed by atoms with van der Waals surface area (Å²) in [5.74, 6) is -3.43. The lowest BCUT2D eigenvalue weighted by atomic mass is 9.83. The molecule has 0 aromatic heterocycles. The van der Waals surface area contributed by atoms with Crippen molar-refractivity contribution in [1.29, 1.82) is 5.41 Å². The van der Waals surface area contributed by atoms with Gasteiger partial charge >= 0.3 is 5.97 Å². The van der Waals surface area contributed by atoms with Gasteiger partial charge in [-0.25, -0.2) is 4.39 Å². The number of nitrogens with one attached hydrogen (secondary N) is 2. The Hall–Kier alpha value is -3.86. The number of ketones is 1. The first-order chi connectivity index (χ1) is 19.3. The molecule has 2 atom stereocenters. The number of nitrogens with zero attached hydrogens (tertiary/aromatic N) is 1. The molecule has 2 heterocycles. The minimum atomic E-state index is -1.21. The molecule has 2 aliphatic heterocycles. The third-order valence-electron chi connectivity index (χ3n) is 7.21. The summed E-state index contributed by atoms with van der Waals surface area (Å²) < 4.78 is 32.5. The highest BCUT2D eigenvalue weighted by Crippen LogP contribution is 2.43. The van der Waals surface area contributed by atoms with Crippen LogP contribution in [0.3, 0.4) is 0 Å². The number of carboxylic acids is 1. The van der Waals surface area contributed by atoms with E-state index in [9.17, 15) is 19.5 Å². The monoisotopic (exact) mass is 605 g/mol. The molecular formula is C30H37ClFN3O7. The van der Waals surface area contributed by atoms with Gasteiger partial charge in [0.1, 0.15) is 17.5 Å². The van der Waals surface area contributed by atoms with Crippen LogP contribution in [0.15, 0.2) is 18.2 Å². The lowest BCUT2D eigenvalue weighted by molar-refractivity contribution is -0.149. The SMILES string of the molecule is CCOc1cc2c(c(F)c1OCC)C(=N)N(CC(=O)c1cc3c(c(C(C)(C)C)c1)OC(C(CC)C(=O)O)C(=O)N3)C2.Cl. The summed E-state index contributed by atoms with van der Waals surface area (Å²) in [6.07, 6.45) is -1.01. The number of aliphatic carboxylic acids is 1. The van der Waals surface area contributed by atoms with Crippen molar-refractivity contribution in [1.82, 2.24) is 4.90 Å². The summed E-state index contributed by atoms with van der Waals surface area (Å²) in [5.41, 5.74) is 1.23. The molecule has 2 aliphatic rings. The van der Waals surface area contributed by atoms with Crippen LogP contribution in [0, 0.1) is 17.1 Å². The summed E-state index contributed by atoms with van der Waals surface area (Å²) in [6, 6.07) is 4.81. The number of fused-ring (bicyclic) bond motifs is 2. The number of carbonyl (C=O) groups is 3. The molecule has 1 amide bonds. The topological polar surface area (TPSA) is 138 Å². The van der Waals surface area contributed by atoms with Crippen LogP contribution in [0.2, 0.25) is 0 Å². The van der Waals surface area contributed by atoms with Crippen molar-refractivity contribution >= 4 is 41.6 Å². The molecule has 0 bridgehead atoms. The number of amidine groups is 1. The van der Waals surface area contributed by atoms with Crippen LogP contribution in [-0.4, -0.2) is 59.4 Å². The number of amides is 1. The number of rotatable bonds is 10. The average Bonchev–Trinajstić information content (AvgIpc) is 3.20. The second kappa shape index (κ2) is 12.6. The zero-order chi connectivity index (χ0) is 30.2. The molecule has 0 radical (unpaired) electrons. The standard InChI is InChI=1S/C30H36FN3O7.ClH/c1-7-17(29(37)38)24-28(36)33-19-11-15(10-18(25(19)41-24)30(4,5)6)20(35)14-34-13-16-12-21(39-8-2)26(40-9-3)23(31)22(16)27(34)32;/h10-12,17,24,32H,7-9,13-14H2,1-6H3,(H,33,36)(H,37,38);1H. The van der Waals surface area contributed by atoms with Crippen LogP contribution in [0.4, 0.5) is 10.1 Å². The first-order valence-electron chi connectivity index (χ1n) is 13.7. The van der Waals surface area contributed by atoms with Gasteiger partial charge in [0.25, 0.3) is 5.91 Å². The predicted molar refractivity (Wildman–Crippen MR) is 157 cm³/mol. The van der Waals surface area contributed by atoms with Crippen molar-refractivity contribution in [3.05, 3.63) is 46.3 Å². The van der Waals surface area contributed by atoms with E-state index < -0.39 is 35.1 Å². The van der Waals surface area contributed by atoms with Gasteiger partial charge in [-0.15, -0.1) is 12.4 Å². The van der Waals surface area contributed by atoms with Crippen LogP contribution < -0.4 is 19.5 Å². The number of carboxylic acid groups (broad SMARTS) is 1. The predicted octanol–water partition coefficient (Wildman–Crippen LogP) is 5.18. The van der Waals surface area contributed by atoms with Crippen LogP contribution in [0.1, 0.15) is 75.0 Å². The van der Waals surface area contributed by atoms with Crippen molar-refractivity contribution in [3.8, 4) is 17.2 Å². The lowest BCUT2D eigenvalue weighted by Crippen LogP contribution is -2.45. The molecule has 2 unspecified atom stereocenters. The number of halogens is 2. The fraction of sp³-hybridized carbons (Fsp3) is 0.467. The first kappa shape index (κ1) is 32.7. The van der Waals surface area contributed by atoms with Crippen LogP contribution in [-0.2, 0) is 21.5 Å². The summed E-state index contributed by atoms with van der Waals surface area (Å²) >= 11 is 0. The third-order valence-corrected chi connectivity index (χ3v) is 7.21. The van der Waals surface area contributed by atoms with E-state index in [1.165, 1.54) is 11.0 Å². The maximum atomic E-state index is 15.5. The molecule has 12 heteroatoms. The highest BCUT2D eigenvalue weighted by Gasteiger charge is 2.40. The summed E-state index contributed by atoms with van der Waals surface area (Å²) in [5, 5.41) is 21.0. The van der Waals surface area contributed by atoms with Gasteiger partial charge in [-0.1, -0.05) is 27.7 Å². The molecule has 4 rings (SSSR count). The minimum absolute atomic E-state index is 0. The number of hydrogen-bond acceptors (Lipinski definition) is 7. The molecule has 42 heavy (non-hydrogen) atoms. The Morgan fingerprint density at radius 2 is 1.86 bits per heavy atom.